The van der Waals surface area contributed by atoms with Crippen LogP contribution < -0.4 is 10.6 Å². The van der Waals surface area contributed by atoms with Crippen LogP contribution in [0.4, 0.5) is 0 Å². The summed E-state index contributed by atoms with van der Waals surface area (Å²) in [7, 11) is 1.10. The number of aromatic nitrogens is 1. The van der Waals surface area contributed by atoms with Crippen molar-refractivity contribution in [1.29, 1.82) is 5.26 Å². The molecule has 23 heavy (non-hydrogen) atoms. The number of ether oxygens (including phenoxy) is 1. The van der Waals surface area contributed by atoms with Crippen LogP contribution in [-0.2, 0) is 14.3 Å². The number of ketones is 1. The maximum Gasteiger partial charge on any atom is 0.334 e. The van der Waals surface area contributed by atoms with E-state index < -0.39 is 35.5 Å². The lowest BCUT2D eigenvalue weighted by molar-refractivity contribution is -0.152. The highest BCUT2D eigenvalue weighted by Crippen LogP contribution is 2.28. The van der Waals surface area contributed by atoms with Gasteiger partial charge in [0.2, 0.25) is 5.91 Å². The molecule has 0 aromatic carbocycles. The van der Waals surface area contributed by atoms with E-state index in [1.807, 2.05) is 0 Å². The molecule has 8 nitrogen and oxygen atoms in total. The van der Waals surface area contributed by atoms with E-state index in [0.29, 0.717) is 5.56 Å². The fraction of sp³-hybridized carbons (Fsp3) is 0.286. The number of hydrogen-bond donors (Lipinski definition) is 2. The van der Waals surface area contributed by atoms with Gasteiger partial charge in [-0.15, -0.1) is 0 Å². The zero-order chi connectivity index (χ0) is 17.0. The van der Waals surface area contributed by atoms with Crippen molar-refractivity contribution in [3.63, 3.8) is 0 Å². The Morgan fingerprint density at radius 3 is 2.70 bits per heavy atom. The molecular formula is C14H12N4O4S. The molecule has 2 rings (SSSR count). The minimum Gasteiger partial charge on any atom is -0.467 e. The van der Waals surface area contributed by atoms with Crippen LogP contribution in [-0.4, -0.2) is 40.4 Å². The van der Waals surface area contributed by atoms with Gasteiger partial charge in [0.05, 0.1) is 13.2 Å². The van der Waals surface area contributed by atoms with Crippen molar-refractivity contribution in [3.05, 3.63) is 30.1 Å². The maximum atomic E-state index is 12.5. The first-order valence-corrected chi connectivity index (χ1v) is 6.89. The van der Waals surface area contributed by atoms with Crippen LogP contribution in [0, 0.1) is 17.2 Å². The summed E-state index contributed by atoms with van der Waals surface area (Å²) >= 11 is 4.89. The molecule has 1 aromatic heterocycles. The van der Waals surface area contributed by atoms with Crippen molar-refractivity contribution in [2.45, 2.75) is 12.0 Å². The van der Waals surface area contributed by atoms with Crippen molar-refractivity contribution in [2.24, 2.45) is 5.92 Å². The summed E-state index contributed by atoms with van der Waals surface area (Å²) in [5.41, 5.74) is -1.58. The Kier molecular flexibility index (Phi) is 4.66. The van der Waals surface area contributed by atoms with Gasteiger partial charge < -0.3 is 15.4 Å². The standard InChI is InChI=1S/C14H12N4O4S/c1-22-12(21)14(6-10(19)8-2-4-16-5-3-8)9(7-15)11(20)17-13(23)18-14/h2-5,9H,6H2,1H3,(H2,17,18,20,23)/t9-,14+/m0/s1. The van der Waals surface area contributed by atoms with Crippen LogP contribution in [0.3, 0.4) is 0 Å². The highest BCUT2D eigenvalue weighted by atomic mass is 32.1. The fourth-order valence-electron chi connectivity index (χ4n) is 2.35. The number of nitrogens with one attached hydrogen (secondary N) is 2. The summed E-state index contributed by atoms with van der Waals surface area (Å²) in [6.45, 7) is 0. The number of thiocarbonyl (C=S) groups is 1. The summed E-state index contributed by atoms with van der Waals surface area (Å²) in [5.74, 6) is -3.59. The summed E-state index contributed by atoms with van der Waals surface area (Å²) in [5, 5.41) is 14.0. The number of rotatable bonds is 4. The summed E-state index contributed by atoms with van der Waals surface area (Å²) in [6.07, 6.45) is 2.38. The van der Waals surface area contributed by atoms with Gasteiger partial charge in [-0.1, -0.05) is 0 Å². The first kappa shape index (κ1) is 16.5. The van der Waals surface area contributed by atoms with Crippen molar-refractivity contribution >= 4 is 35.0 Å². The molecule has 0 saturated carbocycles. The van der Waals surface area contributed by atoms with Gasteiger partial charge >= 0.3 is 5.97 Å². The average Bonchev–Trinajstić information content (AvgIpc) is 2.54. The van der Waals surface area contributed by atoms with Crippen LogP contribution in [0.1, 0.15) is 16.8 Å². The van der Waals surface area contributed by atoms with E-state index in [4.69, 9.17) is 17.0 Å². The molecule has 0 bridgehead atoms. The van der Waals surface area contributed by atoms with E-state index in [2.05, 4.69) is 15.6 Å². The number of esters is 1. The fourth-order valence-corrected chi connectivity index (χ4v) is 2.63. The van der Waals surface area contributed by atoms with Crippen LogP contribution in [0.5, 0.6) is 0 Å². The molecule has 2 heterocycles. The lowest BCUT2D eigenvalue weighted by Crippen LogP contribution is -2.70. The normalized spacial score (nSPS) is 23.2. The zero-order valence-electron chi connectivity index (χ0n) is 12.0. The highest BCUT2D eigenvalue weighted by molar-refractivity contribution is 7.80. The first-order valence-electron chi connectivity index (χ1n) is 6.49. The summed E-state index contributed by atoms with van der Waals surface area (Å²) < 4.78 is 4.70. The lowest BCUT2D eigenvalue weighted by Gasteiger charge is -2.38. The topological polar surface area (TPSA) is 121 Å². The van der Waals surface area contributed by atoms with Gasteiger partial charge in [-0.25, -0.2) is 4.79 Å². The summed E-state index contributed by atoms with van der Waals surface area (Å²) in [4.78, 5) is 40.5. The summed E-state index contributed by atoms with van der Waals surface area (Å²) in [6, 6.07) is 4.67. The Hall–Kier alpha value is -2.86. The van der Waals surface area contributed by atoms with Crippen LogP contribution >= 0.6 is 12.2 Å². The Balaban J connectivity index is 2.45. The van der Waals surface area contributed by atoms with Gasteiger partial charge in [-0.3, -0.25) is 14.6 Å². The largest absolute Gasteiger partial charge is 0.467 e. The number of nitriles is 1. The van der Waals surface area contributed by atoms with Gasteiger partial charge in [-0.2, -0.15) is 5.26 Å². The third kappa shape index (κ3) is 3.02. The molecule has 118 valence electrons. The number of pyridine rings is 1. The Morgan fingerprint density at radius 2 is 2.13 bits per heavy atom. The van der Waals surface area contributed by atoms with E-state index >= 15 is 0 Å². The van der Waals surface area contributed by atoms with Crippen LogP contribution in [0.15, 0.2) is 24.5 Å². The second-order valence-corrected chi connectivity index (χ2v) is 5.21. The number of hydrogen-bond acceptors (Lipinski definition) is 7. The first-order chi connectivity index (χ1) is 10.9. The average molecular weight is 332 g/mol. The third-order valence-corrected chi connectivity index (χ3v) is 3.65. The molecule has 0 unspecified atom stereocenters. The molecule has 9 heteroatoms. The smallest absolute Gasteiger partial charge is 0.334 e. The molecule has 1 saturated heterocycles. The number of nitrogens with zero attached hydrogens (tertiary/aromatic N) is 2. The number of Topliss-reactive ketones (excluding diaryl/α,β-unsaturated/α-hetero) is 1. The zero-order valence-corrected chi connectivity index (χ0v) is 12.8. The molecule has 1 aliphatic rings. The molecule has 0 radical (unpaired) electrons. The van der Waals surface area contributed by atoms with Gasteiger partial charge in [0.15, 0.2) is 22.4 Å². The quantitative estimate of drug-likeness (QED) is 0.438. The van der Waals surface area contributed by atoms with Crippen LogP contribution in [0.2, 0.25) is 0 Å². The second kappa shape index (κ2) is 6.50. The van der Waals surface area contributed by atoms with E-state index in [-0.39, 0.29) is 5.11 Å². The Morgan fingerprint density at radius 1 is 1.48 bits per heavy atom. The van der Waals surface area contributed by atoms with Gasteiger partial charge in [0, 0.05) is 24.4 Å². The molecule has 1 fully saturated rings. The monoisotopic (exact) mass is 332 g/mol. The molecule has 2 atom stereocenters. The SMILES string of the molecule is COC(=O)[C@]1(CC(=O)c2ccncc2)NC(=S)NC(=O)[C@@H]1C#N. The van der Waals surface area contributed by atoms with Crippen molar-refractivity contribution in [1.82, 2.24) is 15.6 Å². The predicted octanol–water partition coefficient (Wildman–Crippen LogP) is -0.290. The van der Waals surface area contributed by atoms with E-state index in [9.17, 15) is 19.6 Å². The number of methoxy groups -OCH3 is 1. The molecule has 1 aromatic rings. The van der Waals surface area contributed by atoms with Crippen molar-refractivity contribution < 1.29 is 19.1 Å². The van der Waals surface area contributed by atoms with Crippen molar-refractivity contribution in [2.75, 3.05) is 7.11 Å². The lowest BCUT2D eigenvalue weighted by atomic mass is 9.77. The third-order valence-electron chi connectivity index (χ3n) is 3.45. The predicted molar refractivity (Wildman–Crippen MR) is 80.9 cm³/mol. The maximum absolute atomic E-state index is 12.5. The molecule has 1 amide bonds. The minimum absolute atomic E-state index is 0.144. The highest BCUT2D eigenvalue weighted by Gasteiger charge is 2.55. The molecule has 2 N–H and O–H groups in total. The van der Waals surface area contributed by atoms with E-state index in [1.54, 1.807) is 6.07 Å². The van der Waals surface area contributed by atoms with Gasteiger partial charge in [0.1, 0.15) is 0 Å². The Labute approximate surface area is 136 Å². The number of carbonyl (C=O) groups is 3. The number of carbonyl (C=O) groups excluding carboxylic acids is 3. The number of amides is 1. The molecule has 0 aliphatic carbocycles. The Bertz CT molecular complexity index is 715. The van der Waals surface area contributed by atoms with Gasteiger partial charge in [-0.05, 0) is 24.4 Å². The minimum atomic E-state index is -1.87. The van der Waals surface area contributed by atoms with Gasteiger partial charge in [0.25, 0.3) is 0 Å². The second-order valence-electron chi connectivity index (χ2n) is 4.80. The molecular weight excluding hydrogens is 320 g/mol. The molecule has 0 spiro atoms. The van der Waals surface area contributed by atoms with Crippen molar-refractivity contribution in [3.8, 4) is 6.07 Å². The van der Waals surface area contributed by atoms with E-state index in [0.717, 1.165) is 7.11 Å². The van der Waals surface area contributed by atoms with E-state index in [1.165, 1.54) is 24.5 Å². The van der Waals surface area contributed by atoms with Crippen LogP contribution in [0.25, 0.3) is 0 Å². The molecule has 1 aliphatic heterocycles.